The first-order valence-electron chi connectivity index (χ1n) is 2.22. The molecule has 0 aromatic rings. The van der Waals surface area contributed by atoms with E-state index in [4.69, 9.17) is 10.2 Å². The molecule has 6 nitrogen and oxygen atoms in total. The van der Waals surface area contributed by atoms with Crippen LogP contribution < -0.4 is 0 Å². The fourth-order valence-corrected chi connectivity index (χ4v) is 0.241. The van der Waals surface area contributed by atoms with Crippen molar-refractivity contribution in [2.24, 2.45) is 9.98 Å². The Hall–Kier alpha value is -1.32. The summed E-state index contributed by atoms with van der Waals surface area (Å²) in [6.07, 6.45) is -1.51. The summed E-state index contributed by atoms with van der Waals surface area (Å²) >= 11 is 0. The van der Waals surface area contributed by atoms with Gasteiger partial charge in [0, 0.05) is 0 Å². The maximum absolute atomic E-state index is 9.42. The molecule has 54 valence electrons. The molecule has 0 radical (unpaired) electrons. The molecule has 0 rings (SSSR count). The summed E-state index contributed by atoms with van der Waals surface area (Å²) in [5.74, 6) is 0. The molecule has 2 atom stereocenters. The van der Waals surface area contributed by atoms with Gasteiger partial charge in [0.25, 0.3) is 0 Å². The van der Waals surface area contributed by atoms with Crippen molar-refractivity contribution in [1.29, 1.82) is 0 Å². The third-order valence-corrected chi connectivity index (χ3v) is 0.637. The Labute approximate surface area is 55.5 Å². The summed E-state index contributed by atoms with van der Waals surface area (Å²) < 4.78 is 0. The van der Waals surface area contributed by atoms with Crippen LogP contribution in [0.1, 0.15) is 0 Å². The van der Waals surface area contributed by atoms with Crippen molar-refractivity contribution in [3.63, 3.8) is 0 Å². The summed E-state index contributed by atoms with van der Waals surface area (Å²) in [6, 6.07) is 0. The standard InChI is InChI=1S/C4H4N2O4/c7-1-5-3(9)4(10)6-2-8/h3-4,9-10H. The summed E-state index contributed by atoms with van der Waals surface area (Å²) in [4.78, 5) is 24.2. The van der Waals surface area contributed by atoms with Crippen LogP contribution in [0.3, 0.4) is 0 Å². The number of nitrogens with zero attached hydrogens (tertiary/aromatic N) is 2. The van der Waals surface area contributed by atoms with E-state index in [0.29, 0.717) is 0 Å². The van der Waals surface area contributed by atoms with Gasteiger partial charge in [0.15, 0.2) is 0 Å². The van der Waals surface area contributed by atoms with E-state index in [-0.39, 0.29) is 0 Å². The van der Waals surface area contributed by atoms with Gasteiger partial charge in [0.2, 0.25) is 24.6 Å². The second kappa shape index (κ2) is 4.55. The first kappa shape index (κ1) is 8.68. The summed E-state index contributed by atoms with van der Waals surface area (Å²) in [5.41, 5.74) is 0. The van der Waals surface area contributed by atoms with Gasteiger partial charge >= 0.3 is 0 Å². The Morgan fingerprint density at radius 3 is 1.50 bits per heavy atom. The lowest BCUT2D eigenvalue weighted by Crippen LogP contribution is -2.20. The molecule has 0 aliphatic heterocycles. The van der Waals surface area contributed by atoms with Crippen LogP contribution in [0.4, 0.5) is 0 Å². The number of aliphatic hydroxyl groups is 2. The van der Waals surface area contributed by atoms with Crippen molar-refractivity contribution in [2.45, 2.75) is 12.5 Å². The maximum atomic E-state index is 9.42. The van der Waals surface area contributed by atoms with Crippen LogP contribution >= 0.6 is 0 Å². The van der Waals surface area contributed by atoms with Gasteiger partial charge in [0.1, 0.15) is 0 Å². The minimum Gasteiger partial charge on any atom is -0.367 e. The van der Waals surface area contributed by atoms with Crippen molar-refractivity contribution in [1.82, 2.24) is 0 Å². The smallest absolute Gasteiger partial charge is 0.237 e. The number of isocyanates is 2. The molecule has 0 spiro atoms. The van der Waals surface area contributed by atoms with Crippen LogP contribution in [0, 0.1) is 0 Å². The van der Waals surface area contributed by atoms with E-state index in [1.165, 1.54) is 0 Å². The maximum Gasteiger partial charge on any atom is 0.237 e. The molecule has 0 amide bonds. The summed E-state index contributed by atoms with van der Waals surface area (Å²) in [5, 5.41) is 17.0. The van der Waals surface area contributed by atoms with Gasteiger partial charge < -0.3 is 10.2 Å². The molecule has 0 bridgehead atoms. The summed E-state index contributed by atoms with van der Waals surface area (Å²) in [7, 11) is 0. The molecule has 0 aromatic carbocycles. The predicted molar refractivity (Wildman–Crippen MR) is 28.3 cm³/mol. The minimum atomic E-state index is -1.74. The van der Waals surface area contributed by atoms with Crippen LogP contribution in [-0.4, -0.2) is 34.8 Å². The van der Waals surface area contributed by atoms with Crippen molar-refractivity contribution in [3.8, 4) is 0 Å². The number of hydrogen-bond donors (Lipinski definition) is 2. The van der Waals surface area contributed by atoms with Gasteiger partial charge in [-0.2, -0.15) is 9.98 Å². The van der Waals surface area contributed by atoms with E-state index in [1.807, 2.05) is 0 Å². The molecule has 2 N–H and O–H groups in total. The van der Waals surface area contributed by atoms with Crippen LogP contribution in [-0.2, 0) is 9.59 Å². The second-order valence-corrected chi connectivity index (χ2v) is 1.27. The first-order chi connectivity index (χ1) is 4.72. The van der Waals surface area contributed by atoms with Crippen LogP contribution in [0.5, 0.6) is 0 Å². The topological polar surface area (TPSA) is 99.3 Å². The lowest BCUT2D eigenvalue weighted by Gasteiger charge is -2.02. The lowest BCUT2D eigenvalue weighted by atomic mass is 10.5. The van der Waals surface area contributed by atoms with Crippen molar-refractivity contribution >= 4 is 12.2 Å². The highest BCUT2D eigenvalue weighted by atomic mass is 16.3. The molecule has 0 fully saturated rings. The quantitative estimate of drug-likeness (QED) is 0.364. The fourth-order valence-electron chi connectivity index (χ4n) is 0.241. The number of rotatable bonds is 3. The lowest BCUT2D eigenvalue weighted by molar-refractivity contribution is 0.0315. The first-order valence-corrected chi connectivity index (χ1v) is 2.22. The van der Waals surface area contributed by atoms with Gasteiger partial charge in [-0.05, 0) is 0 Å². The molecule has 0 heterocycles. The normalized spacial score (nSPS) is 14.2. The van der Waals surface area contributed by atoms with E-state index in [1.54, 1.807) is 0 Å². The Bertz CT molecular complexity index is 169. The van der Waals surface area contributed by atoms with Crippen molar-refractivity contribution < 1.29 is 19.8 Å². The Morgan fingerprint density at radius 2 is 1.30 bits per heavy atom. The molecule has 0 aliphatic carbocycles. The highest BCUT2D eigenvalue weighted by molar-refractivity contribution is 5.35. The van der Waals surface area contributed by atoms with Crippen molar-refractivity contribution in [3.05, 3.63) is 0 Å². The fraction of sp³-hybridized carbons (Fsp3) is 0.500. The van der Waals surface area contributed by atoms with Crippen LogP contribution in [0.25, 0.3) is 0 Å². The highest BCUT2D eigenvalue weighted by Crippen LogP contribution is 1.93. The van der Waals surface area contributed by atoms with Gasteiger partial charge in [0.05, 0.1) is 0 Å². The average molecular weight is 144 g/mol. The molecule has 0 aromatic heterocycles. The average Bonchev–Trinajstić information content (AvgIpc) is 1.89. The number of carbonyl (C=O) groups excluding carboxylic acids is 2. The minimum absolute atomic E-state index is 0.982. The van der Waals surface area contributed by atoms with E-state index >= 15 is 0 Å². The number of aliphatic hydroxyl groups excluding tert-OH is 2. The molecule has 10 heavy (non-hydrogen) atoms. The van der Waals surface area contributed by atoms with E-state index in [9.17, 15) is 9.59 Å². The molecular weight excluding hydrogens is 140 g/mol. The zero-order valence-corrected chi connectivity index (χ0v) is 4.76. The van der Waals surface area contributed by atoms with Crippen LogP contribution in [0.15, 0.2) is 9.98 Å². The molecule has 6 heteroatoms. The SMILES string of the molecule is O=C=NC(O)C(O)N=C=O. The Balaban J connectivity index is 4.05. The van der Waals surface area contributed by atoms with Gasteiger partial charge in [-0.25, -0.2) is 9.59 Å². The monoisotopic (exact) mass is 144 g/mol. The van der Waals surface area contributed by atoms with Gasteiger partial charge in [-0.1, -0.05) is 0 Å². The molecular formula is C4H4N2O4. The molecule has 0 aliphatic rings. The van der Waals surface area contributed by atoms with Gasteiger partial charge in [-0.3, -0.25) is 0 Å². The zero-order chi connectivity index (χ0) is 7.98. The third-order valence-electron chi connectivity index (χ3n) is 0.637. The van der Waals surface area contributed by atoms with Crippen molar-refractivity contribution in [2.75, 3.05) is 0 Å². The second-order valence-electron chi connectivity index (χ2n) is 1.27. The predicted octanol–water partition coefficient (Wildman–Crippen LogP) is -1.71. The Kier molecular flexibility index (Phi) is 3.95. The van der Waals surface area contributed by atoms with Crippen LogP contribution in [0.2, 0.25) is 0 Å². The van der Waals surface area contributed by atoms with E-state index in [0.717, 1.165) is 12.2 Å². The van der Waals surface area contributed by atoms with Gasteiger partial charge in [-0.15, -0.1) is 0 Å². The molecule has 2 unspecified atom stereocenters. The van der Waals surface area contributed by atoms with E-state index < -0.39 is 12.5 Å². The number of hydrogen-bond acceptors (Lipinski definition) is 6. The molecule has 0 saturated carbocycles. The highest BCUT2D eigenvalue weighted by Gasteiger charge is 2.12. The number of aliphatic imine (C=N–C) groups is 2. The summed E-state index contributed by atoms with van der Waals surface area (Å²) in [6.45, 7) is 0. The largest absolute Gasteiger partial charge is 0.367 e. The zero-order valence-electron chi connectivity index (χ0n) is 4.76. The Morgan fingerprint density at radius 1 is 1.00 bits per heavy atom. The molecule has 0 saturated heterocycles. The third kappa shape index (κ3) is 2.86. The van der Waals surface area contributed by atoms with E-state index in [2.05, 4.69) is 9.98 Å².